The van der Waals surface area contributed by atoms with Crippen LogP contribution in [0.2, 0.25) is 0 Å². The molecule has 1 aliphatic rings. The summed E-state index contributed by atoms with van der Waals surface area (Å²) in [7, 11) is 0. The van der Waals surface area contributed by atoms with Gasteiger partial charge in [-0.05, 0) is 44.0 Å². The molecule has 1 amide bonds. The summed E-state index contributed by atoms with van der Waals surface area (Å²) >= 11 is 0. The molecule has 26 heavy (non-hydrogen) atoms. The molecule has 1 aliphatic carbocycles. The number of carbonyl (C=O) groups is 1. The van der Waals surface area contributed by atoms with E-state index in [-0.39, 0.29) is 24.2 Å². The first-order chi connectivity index (χ1) is 12.6. The highest BCUT2D eigenvalue weighted by molar-refractivity contribution is 5.90. The largest absolute Gasteiger partial charge is 0.346 e. The van der Waals surface area contributed by atoms with Crippen LogP contribution in [0.1, 0.15) is 24.4 Å². The summed E-state index contributed by atoms with van der Waals surface area (Å²) in [4.78, 5) is 29.2. The number of pyridine rings is 1. The van der Waals surface area contributed by atoms with Gasteiger partial charge in [-0.3, -0.25) is 14.3 Å². The van der Waals surface area contributed by atoms with Gasteiger partial charge < -0.3 is 5.32 Å². The highest BCUT2D eigenvalue weighted by atomic mass is 16.2. The van der Waals surface area contributed by atoms with Gasteiger partial charge in [-0.15, -0.1) is 5.10 Å². The predicted molar refractivity (Wildman–Crippen MR) is 97.8 cm³/mol. The standard InChI is InChI=1S/C19H19N5O2/c1-13-4-6-15(7-5-13)21-17(25)12-23-19(26)24(16-8-9-16)18(22-23)14-3-2-10-20-11-14/h2-7,10-11,16H,8-9,12H2,1H3,(H,21,25). The Hall–Kier alpha value is -3.22. The number of aryl methyl sites for hydroxylation is 1. The van der Waals surface area contributed by atoms with Gasteiger partial charge in [-0.1, -0.05) is 17.7 Å². The molecule has 3 aromatic rings. The van der Waals surface area contributed by atoms with Crippen molar-refractivity contribution in [2.45, 2.75) is 32.4 Å². The Morgan fingerprint density at radius 2 is 2.00 bits per heavy atom. The highest BCUT2D eigenvalue weighted by Gasteiger charge is 2.30. The van der Waals surface area contributed by atoms with Crippen LogP contribution in [-0.2, 0) is 11.3 Å². The van der Waals surface area contributed by atoms with E-state index in [9.17, 15) is 9.59 Å². The number of carbonyl (C=O) groups excluding carboxylic acids is 1. The van der Waals surface area contributed by atoms with E-state index in [0.29, 0.717) is 11.5 Å². The third-order valence-electron chi connectivity index (χ3n) is 4.33. The summed E-state index contributed by atoms with van der Waals surface area (Å²) in [5.74, 6) is 0.280. The molecule has 0 aliphatic heterocycles. The molecule has 4 rings (SSSR count). The number of benzene rings is 1. The lowest BCUT2D eigenvalue weighted by molar-refractivity contribution is -0.117. The molecule has 1 N–H and O–H groups in total. The van der Waals surface area contributed by atoms with Crippen molar-refractivity contribution >= 4 is 11.6 Å². The van der Waals surface area contributed by atoms with Crippen molar-refractivity contribution < 1.29 is 4.79 Å². The lowest BCUT2D eigenvalue weighted by Gasteiger charge is -2.05. The monoisotopic (exact) mass is 349 g/mol. The van der Waals surface area contributed by atoms with E-state index in [1.54, 1.807) is 23.0 Å². The lowest BCUT2D eigenvalue weighted by Crippen LogP contribution is -2.30. The fourth-order valence-corrected chi connectivity index (χ4v) is 2.85. The maximum atomic E-state index is 12.7. The number of aromatic nitrogens is 4. The van der Waals surface area contributed by atoms with Crippen molar-refractivity contribution in [1.29, 1.82) is 0 Å². The van der Waals surface area contributed by atoms with Crippen molar-refractivity contribution in [2.75, 3.05) is 5.32 Å². The fraction of sp³-hybridized carbons (Fsp3) is 0.263. The number of amides is 1. The van der Waals surface area contributed by atoms with Gasteiger partial charge in [0.15, 0.2) is 5.82 Å². The summed E-state index contributed by atoms with van der Waals surface area (Å²) in [6.07, 6.45) is 5.26. The Kier molecular flexibility index (Phi) is 4.12. The number of rotatable bonds is 5. The molecule has 2 heterocycles. The van der Waals surface area contributed by atoms with E-state index >= 15 is 0 Å². The van der Waals surface area contributed by atoms with Gasteiger partial charge in [-0.2, -0.15) is 0 Å². The molecule has 0 saturated heterocycles. The van der Waals surface area contributed by atoms with Gasteiger partial charge in [-0.25, -0.2) is 9.48 Å². The van der Waals surface area contributed by atoms with E-state index in [2.05, 4.69) is 15.4 Å². The molecule has 0 atom stereocenters. The van der Waals surface area contributed by atoms with Crippen LogP contribution < -0.4 is 11.0 Å². The van der Waals surface area contributed by atoms with Crippen LogP contribution in [0, 0.1) is 6.92 Å². The van der Waals surface area contributed by atoms with E-state index in [0.717, 1.165) is 24.0 Å². The summed E-state index contributed by atoms with van der Waals surface area (Å²) in [6.45, 7) is 1.86. The Labute approximate surface area is 150 Å². The Morgan fingerprint density at radius 3 is 2.65 bits per heavy atom. The van der Waals surface area contributed by atoms with E-state index in [1.165, 1.54) is 4.68 Å². The van der Waals surface area contributed by atoms with Crippen molar-refractivity contribution in [3.63, 3.8) is 0 Å². The molecular weight excluding hydrogens is 330 g/mol. The van der Waals surface area contributed by atoms with Crippen LogP contribution in [0.4, 0.5) is 5.69 Å². The summed E-state index contributed by atoms with van der Waals surface area (Å²) in [6, 6.07) is 11.3. The third kappa shape index (κ3) is 3.28. The van der Waals surface area contributed by atoms with Crippen LogP contribution in [0.25, 0.3) is 11.4 Å². The zero-order chi connectivity index (χ0) is 18.1. The van der Waals surface area contributed by atoms with E-state index < -0.39 is 0 Å². The minimum atomic E-state index is -0.283. The van der Waals surface area contributed by atoms with Crippen LogP contribution in [-0.4, -0.2) is 25.2 Å². The van der Waals surface area contributed by atoms with Gasteiger partial charge >= 0.3 is 5.69 Å². The van der Waals surface area contributed by atoms with Crippen molar-refractivity contribution in [2.24, 2.45) is 0 Å². The van der Waals surface area contributed by atoms with Gasteiger partial charge in [0.05, 0.1) is 0 Å². The molecule has 132 valence electrons. The number of nitrogens with one attached hydrogen (secondary N) is 1. The van der Waals surface area contributed by atoms with Crippen LogP contribution in [0.3, 0.4) is 0 Å². The minimum Gasteiger partial charge on any atom is -0.324 e. The van der Waals surface area contributed by atoms with E-state index in [1.807, 2.05) is 37.3 Å². The molecule has 0 radical (unpaired) electrons. The van der Waals surface area contributed by atoms with Gasteiger partial charge in [0, 0.05) is 29.7 Å². The first-order valence-corrected chi connectivity index (χ1v) is 8.58. The molecule has 1 aromatic carbocycles. The van der Waals surface area contributed by atoms with Crippen LogP contribution >= 0.6 is 0 Å². The summed E-state index contributed by atoms with van der Waals surface area (Å²) in [5, 5.41) is 7.20. The summed E-state index contributed by atoms with van der Waals surface area (Å²) in [5.41, 5.74) is 2.32. The topological polar surface area (TPSA) is 81.8 Å². The second-order valence-electron chi connectivity index (χ2n) is 6.52. The molecule has 1 saturated carbocycles. The van der Waals surface area contributed by atoms with Crippen LogP contribution in [0.15, 0.2) is 53.6 Å². The zero-order valence-corrected chi connectivity index (χ0v) is 14.4. The highest BCUT2D eigenvalue weighted by Crippen LogP contribution is 2.36. The normalized spacial score (nSPS) is 13.6. The zero-order valence-electron chi connectivity index (χ0n) is 14.4. The molecule has 7 nitrogen and oxygen atoms in total. The second kappa shape index (κ2) is 6.59. The average Bonchev–Trinajstić information content (AvgIpc) is 3.43. The van der Waals surface area contributed by atoms with Gasteiger partial charge in [0.25, 0.3) is 0 Å². The predicted octanol–water partition coefficient (Wildman–Crippen LogP) is 2.39. The Bertz CT molecular complexity index is 985. The third-order valence-corrected chi connectivity index (χ3v) is 4.33. The molecular formula is C19H19N5O2. The quantitative estimate of drug-likeness (QED) is 0.767. The molecule has 0 unspecified atom stereocenters. The first kappa shape index (κ1) is 16.3. The molecule has 0 spiro atoms. The number of hydrogen-bond donors (Lipinski definition) is 1. The summed E-state index contributed by atoms with van der Waals surface area (Å²) < 4.78 is 2.90. The number of nitrogens with zero attached hydrogens (tertiary/aromatic N) is 4. The molecule has 0 bridgehead atoms. The molecule has 2 aromatic heterocycles. The molecule has 7 heteroatoms. The Morgan fingerprint density at radius 1 is 1.23 bits per heavy atom. The number of anilines is 1. The van der Waals surface area contributed by atoms with Crippen LogP contribution in [0.5, 0.6) is 0 Å². The van der Waals surface area contributed by atoms with Crippen molar-refractivity contribution in [1.82, 2.24) is 19.3 Å². The van der Waals surface area contributed by atoms with Gasteiger partial charge in [0.1, 0.15) is 6.54 Å². The smallest absolute Gasteiger partial charge is 0.324 e. The first-order valence-electron chi connectivity index (χ1n) is 8.58. The number of hydrogen-bond acceptors (Lipinski definition) is 4. The SMILES string of the molecule is Cc1ccc(NC(=O)Cn2nc(-c3cccnc3)n(C3CC3)c2=O)cc1. The van der Waals surface area contributed by atoms with E-state index in [4.69, 9.17) is 0 Å². The lowest BCUT2D eigenvalue weighted by atomic mass is 10.2. The second-order valence-corrected chi connectivity index (χ2v) is 6.52. The van der Waals surface area contributed by atoms with Crippen molar-refractivity contribution in [3.05, 3.63) is 64.8 Å². The fourth-order valence-electron chi connectivity index (χ4n) is 2.85. The molecule has 1 fully saturated rings. The van der Waals surface area contributed by atoms with Gasteiger partial charge in [0.2, 0.25) is 5.91 Å². The van der Waals surface area contributed by atoms with Crippen molar-refractivity contribution in [3.8, 4) is 11.4 Å². The maximum absolute atomic E-state index is 12.7. The maximum Gasteiger partial charge on any atom is 0.346 e. The minimum absolute atomic E-state index is 0.125. The average molecular weight is 349 g/mol. The Balaban J connectivity index is 1.60.